The number of hydrogen-bond acceptors (Lipinski definition) is 3. The summed E-state index contributed by atoms with van der Waals surface area (Å²) in [4.78, 5) is 21.7. The molecule has 0 atom stereocenters. The molecule has 0 spiro atoms. The first kappa shape index (κ1) is 11.4. The molecule has 0 aliphatic carbocycles. The average molecular weight is 209 g/mol. The predicted molar refractivity (Wildman–Crippen MR) is 55.2 cm³/mol. The van der Waals surface area contributed by atoms with Crippen LogP contribution < -0.4 is 5.32 Å². The van der Waals surface area contributed by atoms with Gasteiger partial charge in [0.25, 0.3) is 5.91 Å². The summed E-state index contributed by atoms with van der Waals surface area (Å²) < 4.78 is 1.80. The molecule has 1 aromatic heterocycles. The van der Waals surface area contributed by atoms with Gasteiger partial charge in [0, 0.05) is 31.8 Å². The highest BCUT2D eigenvalue weighted by atomic mass is 16.2. The molecule has 0 saturated heterocycles. The third-order valence-corrected chi connectivity index (χ3v) is 2.13. The lowest BCUT2D eigenvalue weighted by Crippen LogP contribution is -2.28. The van der Waals surface area contributed by atoms with E-state index in [1.54, 1.807) is 4.68 Å². The Bertz CT molecular complexity index is 382. The average Bonchev–Trinajstić information content (AvgIpc) is 2.55. The molecule has 0 aliphatic heterocycles. The van der Waals surface area contributed by atoms with E-state index in [-0.39, 0.29) is 0 Å². The molecule has 5 nitrogen and oxygen atoms in total. The number of amides is 1. The van der Waals surface area contributed by atoms with Crippen LogP contribution in [0.5, 0.6) is 0 Å². The first-order valence-corrected chi connectivity index (χ1v) is 4.86. The fraction of sp³-hybridized carbons (Fsp3) is 0.500. The van der Waals surface area contributed by atoms with E-state index in [0.717, 1.165) is 17.8 Å². The molecule has 0 aliphatic rings. The van der Waals surface area contributed by atoms with E-state index < -0.39 is 11.7 Å². The van der Waals surface area contributed by atoms with E-state index in [4.69, 9.17) is 0 Å². The van der Waals surface area contributed by atoms with Crippen LogP contribution in [0.3, 0.4) is 0 Å². The van der Waals surface area contributed by atoms with Crippen molar-refractivity contribution in [1.29, 1.82) is 0 Å². The zero-order valence-corrected chi connectivity index (χ0v) is 9.20. The molecule has 1 heterocycles. The van der Waals surface area contributed by atoms with Crippen molar-refractivity contribution in [2.45, 2.75) is 33.9 Å². The molecule has 5 heteroatoms. The van der Waals surface area contributed by atoms with Crippen LogP contribution in [0.15, 0.2) is 6.20 Å². The van der Waals surface area contributed by atoms with Gasteiger partial charge in [0.2, 0.25) is 5.78 Å². The van der Waals surface area contributed by atoms with E-state index in [2.05, 4.69) is 10.4 Å². The van der Waals surface area contributed by atoms with Gasteiger partial charge in [0.15, 0.2) is 0 Å². The van der Waals surface area contributed by atoms with Gasteiger partial charge in [0.1, 0.15) is 0 Å². The lowest BCUT2D eigenvalue weighted by molar-refractivity contribution is -0.136. The summed E-state index contributed by atoms with van der Waals surface area (Å²) in [5.41, 5.74) is 1.81. The summed E-state index contributed by atoms with van der Waals surface area (Å²) in [6, 6.07) is 0. The summed E-state index contributed by atoms with van der Waals surface area (Å²) in [7, 11) is 0. The van der Waals surface area contributed by atoms with Gasteiger partial charge in [-0.3, -0.25) is 14.3 Å². The molecule has 0 unspecified atom stereocenters. The van der Waals surface area contributed by atoms with E-state index >= 15 is 0 Å². The summed E-state index contributed by atoms with van der Waals surface area (Å²) in [5, 5.41) is 6.77. The van der Waals surface area contributed by atoms with Crippen LogP contribution in [-0.4, -0.2) is 21.5 Å². The van der Waals surface area contributed by atoms with Crippen LogP contribution >= 0.6 is 0 Å². The molecule has 1 N–H and O–H groups in total. The van der Waals surface area contributed by atoms with Gasteiger partial charge in [-0.2, -0.15) is 5.10 Å². The third-order valence-electron chi connectivity index (χ3n) is 2.13. The maximum absolute atomic E-state index is 11.0. The van der Waals surface area contributed by atoms with Crippen molar-refractivity contribution in [2.24, 2.45) is 0 Å². The number of aryl methyl sites for hydroxylation is 2. The molecule has 0 fully saturated rings. The zero-order chi connectivity index (χ0) is 11.4. The van der Waals surface area contributed by atoms with Crippen LogP contribution in [0.25, 0.3) is 0 Å². The summed E-state index contributed by atoms with van der Waals surface area (Å²) in [6.07, 6.45) is 1.87. The van der Waals surface area contributed by atoms with Gasteiger partial charge in [-0.05, 0) is 13.8 Å². The first-order chi connectivity index (χ1) is 7.04. The molecule has 0 bridgehead atoms. The summed E-state index contributed by atoms with van der Waals surface area (Å²) in [5.74, 6) is -1.03. The SMILES string of the molecule is CCn1cc(CNC(=O)C(C)=O)c(C)n1. The quantitative estimate of drug-likeness (QED) is 0.731. The number of carbonyl (C=O) groups is 2. The maximum atomic E-state index is 11.0. The van der Waals surface area contributed by atoms with Gasteiger partial charge < -0.3 is 5.32 Å². The zero-order valence-electron chi connectivity index (χ0n) is 9.20. The van der Waals surface area contributed by atoms with Crippen LogP contribution in [0.4, 0.5) is 0 Å². The van der Waals surface area contributed by atoms with E-state index in [0.29, 0.717) is 6.54 Å². The molecular weight excluding hydrogens is 194 g/mol. The Kier molecular flexibility index (Phi) is 3.60. The monoisotopic (exact) mass is 209 g/mol. The van der Waals surface area contributed by atoms with E-state index in [9.17, 15) is 9.59 Å². The normalized spacial score (nSPS) is 10.1. The van der Waals surface area contributed by atoms with Gasteiger partial charge in [-0.1, -0.05) is 0 Å². The predicted octanol–water partition coefficient (Wildman–Crippen LogP) is 0.417. The number of aromatic nitrogens is 2. The molecule has 0 aromatic carbocycles. The van der Waals surface area contributed by atoms with E-state index in [1.165, 1.54) is 6.92 Å². The Morgan fingerprint density at radius 2 is 2.20 bits per heavy atom. The fourth-order valence-electron chi connectivity index (χ4n) is 1.19. The second-order valence-electron chi connectivity index (χ2n) is 3.33. The Balaban J connectivity index is 2.61. The number of ketones is 1. The number of nitrogens with zero attached hydrogens (tertiary/aromatic N) is 2. The Hall–Kier alpha value is -1.65. The Morgan fingerprint density at radius 1 is 1.53 bits per heavy atom. The number of rotatable bonds is 4. The summed E-state index contributed by atoms with van der Waals surface area (Å²) in [6.45, 7) is 6.26. The lowest BCUT2D eigenvalue weighted by Gasteiger charge is -2.00. The largest absolute Gasteiger partial charge is 0.345 e. The second-order valence-corrected chi connectivity index (χ2v) is 3.33. The van der Waals surface area contributed by atoms with Crippen LogP contribution in [0.1, 0.15) is 25.1 Å². The van der Waals surface area contributed by atoms with Gasteiger partial charge >= 0.3 is 0 Å². The number of nitrogens with one attached hydrogen (secondary N) is 1. The Labute approximate surface area is 88.5 Å². The van der Waals surface area contributed by atoms with Crippen molar-refractivity contribution < 1.29 is 9.59 Å². The van der Waals surface area contributed by atoms with Crippen molar-refractivity contribution in [2.75, 3.05) is 0 Å². The van der Waals surface area contributed by atoms with Gasteiger partial charge in [-0.15, -0.1) is 0 Å². The second kappa shape index (κ2) is 4.72. The van der Waals surface area contributed by atoms with Crippen molar-refractivity contribution in [3.63, 3.8) is 0 Å². The standard InChI is InChI=1S/C10H15N3O2/c1-4-13-6-9(7(2)12-13)5-11-10(15)8(3)14/h6H,4-5H2,1-3H3,(H,11,15). The van der Waals surface area contributed by atoms with Crippen molar-refractivity contribution in [1.82, 2.24) is 15.1 Å². The molecule has 0 saturated carbocycles. The van der Waals surface area contributed by atoms with Crippen molar-refractivity contribution >= 4 is 11.7 Å². The maximum Gasteiger partial charge on any atom is 0.287 e. The molecule has 82 valence electrons. The lowest BCUT2D eigenvalue weighted by atomic mass is 10.2. The van der Waals surface area contributed by atoms with Gasteiger partial charge in [-0.25, -0.2) is 0 Å². The van der Waals surface area contributed by atoms with E-state index in [1.807, 2.05) is 20.0 Å². The van der Waals surface area contributed by atoms with Crippen molar-refractivity contribution in [3.05, 3.63) is 17.5 Å². The smallest absolute Gasteiger partial charge is 0.287 e. The van der Waals surface area contributed by atoms with Crippen LogP contribution in [0.2, 0.25) is 0 Å². The first-order valence-electron chi connectivity index (χ1n) is 4.86. The highest BCUT2D eigenvalue weighted by Crippen LogP contribution is 2.04. The summed E-state index contributed by atoms with van der Waals surface area (Å²) >= 11 is 0. The fourth-order valence-corrected chi connectivity index (χ4v) is 1.19. The minimum Gasteiger partial charge on any atom is -0.345 e. The van der Waals surface area contributed by atoms with Crippen LogP contribution in [0, 0.1) is 6.92 Å². The molecule has 15 heavy (non-hydrogen) atoms. The van der Waals surface area contributed by atoms with Crippen molar-refractivity contribution in [3.8, 4) is 0 Å². The molecule has 0 radical (unpaired) electrons. The number of carbonyl (C=O) groups excluding carboxylic acids is 2. The third kappa shape index (κ3) is 2.90. The topological polar surface area (TPSA) is 64.0 Å². The number of hydrogen-bond donors (Lipinski definition) is 1. The highest BCUT2D eigenvalue weighted by molar-refractivity contribution is 6.35. The minimum atomic E-state index is -0.557. The number of Topliss-reactive ketones (excluding diaryl/α,β-unsaturated/α-hetero) is 1. The highest BCUT2D eigenvalue weighted by Gasteiger charge is 2.09. The van der Waals surface area contributed by atoms with Crippen LogP contribution in [-0.2, 0) is 22.7 Å². The molecule has 1 rings (SSSR count). The minimum absolute atomic E-state index is 0.351. The molecule has 1 aromatic rings. The molecular formula is C10H15N3O2. The Morgan fingerprint density at radius 3 is 2.67 bits per heavy atom. The molecule has 1 amide bonds. The van der Waals surface area contributed by atoms with Gasteiger partial charge in [0.05, 0.1) is 5.69 Å².